The first kappa shape index (κ1) is 26.1. The van der Waals surface area contributed by atoms with Gasteiger partial charge in [-0.25, -0.2) is 4.39 Å². The number of nitrogens with one attached hydrogen (secondary N) is 3. The van der Waals surface area contributed by atoms with Crippen molar-refractivity contribution in [3.8, 4) is 0 Å². The molecule has 0 saturated carbocycles. The van der Waals surface area contributed by atoms with Gasteiger partial charge in [-0.1, -0.05) is 0 Å². The summed E-state index contributed by atoms with van der Waals surface area (Å²) in [4.78, 5) is 41.3. The number of H-pyrrole nitrogens is 1. The topological polar surface area (TPSA) is 135 Å². The first-order valence-electron chi connectivity index (χ1n) is 11.3. The summed E-state index contributed by atoms with van der Waals surface area (Å²) in [5.74, 6) is -1.39. The molecule has 1 aliphatic rings. The summed E-state index contributed by atoms with van der Waals surface area (Å²) in [5, 5.41) is 25.6. The number of aromatic amines is 1. The van der Waals surface area contributed by atoms with Crippen LogP contribution in [0.4, 0.5) is 10.1 Å². The predicted octanol–water partition coefficient (Wildman–Crippen LogP) is 1.97. The highest BCUT2D eigenvalue weighted by atomic mass is 19.1. The summed E-state index contributed by atoms with van der Waals surface area (Å²) < 4.78 is 13.7. The van der Waals surface area contributed by atoms with Gasteiger partial charge < -0.3 is 30.7 Å². The lowest BCUT2D eigenvalue weighted by Crippen LogP contribution is -2.31. The van der Waals surface area contributed by atoms with Crippen molar-refractivity contribution in [3.63, 3.8) is 0 Å². The number of hydrogen-bond donors (Lipinski definition) is 5. The monoisotopic (exact) mass is 486 g/mol. The Morgan fingerprint density at radius 1 is 1.20 bits per heavy atom. The quantitative estimate of drug-likeness (QED) is 0.346. The third-order valence-electron chi connectivity index (χ3n) is 5.97. The number of aromatic nitrogens is 1. The summed E-state index contributed by atoms with van der Waals surface area (Å²) in [6, 6.07) is 4.06. The molecular weight excluding hydrogens is 455 g/mol. The Bertz CT molecular complexity index is 1170. The third-order valence-corrected chi connectivity index (χ3v) is 5.97. The van der Waals surface area contributed by atoms with Gasteiger partial charge in [0.1, 0.15) is 5.82 Å². The van der Waals surface area contributed by atoms with E-state index in [-0.39, 0.29) is 43.5 Å². The van der Waals surface area contributed by atoms with E-state index in [0.29, 0.717) is 39.3 Å². The second kappa shape index (κ2) is 10.8. The highest BCUT2D eigenvalue weighted by molar-refractivity contribution is 6.34. The van der Waals surface area contributed by atoms with E-state index in [9.17, 15) is 29.0 Å². The number of nitrogens with zero attached hydrogens (tertiary/aromatic N) is 1. The van der Waals surface area contributed by atoms with Gasteiger partial charge in [-0.05, 0) is 56.5 Å². The van der Waals surface area contributed by atoms with Crippen LogP contribution in [-0.2, 0) is 9.59 Å². The van der Waals surface area contributed by atoms with Crippen LogP contribution in [0, 0.1) is 19.7 Å². The summed E-state index contributed by atoms with van der Waals surface area (Å²) in [6.07, 6.45) is -0.0895. The number of amides is 3. The lowest BCUT2D eigenvalue weighted by atomic mass is 10.0. The predicted molar refractivity (Wildman–Crippen MR) is 130 cm³/mol. The molecule has 2 atom stereocenters. The van der Waals surface area contributed by atoms with Crippen LogP contribution in [0.1, 0.15) is 52.1 Å². The molecule has 1 aromatic heterocycles. The van der Waals surface area contributed by atoms with E-state index < -0.39 is 18.0 Å². The molecule has 1 aliphatic heterocycles. The smallest absolute Gasteiger partial charge is 0.256 e. The maximum atomic E-state index is 13.7. The molecule has 0 radical (unpaired) electrons. The molecule has 0 bridgehead atoms. The van der Waals surface area contributed by atoms with Crippen LogP contribution in [-0.4, -0.2) is 70.7 Å². The van der Waals surface area contributed by atoms with E-state index in [4.69, 9.17) is 0 Å². The molecule has 3 amide bonds. The first-order chi connectivity index (χ1) is 16.5. The van der Waals surface area contributed by atoms with E-state index >= 15 is 0 Å². The number of aliphatic hydroxyl groups is 2. The Morgan fingerprint density at radius 2 is 1.91 bits per heavy atom. The van der Waals surface area contributed by atoms with E-state index in [0.717, 1.165) is 0 Å². The number of fused-ring (bicyclic) bond motifs is 1. The molecule has 188 valence electrons. The van der Waals surface area contributed by atoms with Crippen LogP contribution < -0.4 is 10.6 Å². The average Bonchev–Trinajstić information content (AvgIpc) is 3.22. The molecular formula is C25H31FN4O5. The lowest BCUT2D eigenvalue weighted by molar-refractivity contribution is -0.131. The molecule has 9 nitrogen and oxygen atoms in total. The fourth-order valence-corrected chi connectivity index (χ4v) is 4.05. The van der Waals surface area contributed by atoms with Crippen molar-refractivity contribution in [2.45, 2.75) is 45.3 Å². The number of benzene rings is 1. The van der Waals surface area contributed by atoms with Crippen molar-refractivity contribution >= 4 is 35.1 Å². The van der Waals surface area contributed by atoms with E-state index in [1.807, 2.05) is 0 Å². The maximum absolute atomic E-state index is 13.7. The molecule has 3 rings (SSSR count). The van der Waals surface area contributed by atoms with E-state index in [2.05, 4.69) is 15.6 Å². The van der Waals surface area contributed by atoms with Crippen molar-refractivity contribution < 1.29 is 29.0 Å². The van der Waals surface area contributed by atoms with Crippen molar-refractivity contribution in [1.29, 1.82) is 0 Å². The van der Waals surface area contributed by atoms with Crippen LogP contribution in [0.3, 0.4) is 0 Å². The van der Waals surface area contributed by atoms with E-state index in [1.165, 1.54) is 23.1 Å². The Hall–Kier alpha value is -3.50. The molecule has 2 heterocycles. The lowest BCUT2D eigenvalue weighted by Gasteiger charge is -2.17. The molecule has 1 aromatic carbocycles. The van der Waals surface area contributed by atoms with Gasteiger partial charge in [-0.2, -0.15) is 0 Å². The Balaban J connectivity index is 1.63. The Kier molecular flexibility index (Phi) is 8.08. The molecule has 5 N–H and O–H groups in total. The SMILES string of the molecule is Cc1[nH]c(C=C2C(=O)Nc3ccc(F)cc32)c(C)c1C(=O)NCC[C@@H](O)C[C@@H](O)CC(=O)N(C)C. The number of halogens is 1. The Morgan fingerprint density at radius 3 is 2.60 bits per heavy atom. The maximum Gasteiger partial charge on any atom is 0.256 e. The summed E-state index contributed by atoms with van der Waals surface area (Å²) in [6.45, 7) is 3.65. The number of aryl methyl sites for hydroxylation is 1. The standard InChI is InChI=1S/C25H31FN4O5/c1-13-21(12-19-18-9-15(26)5-6-20(18)29-24(19)34)28-14(2)23(13)25(35)27-8-7-16(31)10-17(32)11-22(33)30(3)4/h5-6,9,12,16-17,28,31-32H,7-8,10-11H2,1-4H3,(H,27,35)(H,29,34)/t16-,17-/m1/s1. The normalized spacial score (nSPS) is 15.5. The van der Waals surface area contributed by atoms with Crippen LogP contribution in [0.5, 0.6) is 0 Å². The van der Waals surface area contributed by atoms with Gasteiger partial charge in [0.05, 0.1) is 29.8 Å². The second-order valence-electron chi connectivity index (χ2n) is 8.95. The number of carbonyl (C=O) groups is 3. The van der Waals surface area contributed by atoms with E-state index in [1.54, 1.807) is 34.0 Å². The molecule has 0 unspecified atom stereocenters. The largest absolute Gasteiger partial charge is 0.393 e. The van der Waals surface area contributed by atoms with Crippen LogP contribution in [0.15, 0.2) is 18.2 Å². The summed E-state index contributed by atoms with van der Waals surface area (Å²) in [7, 11) is 3.18. The molecule has 35 heavy (non-hydrogen) atoms. The minimum atomic E-state index is -0.966. The highest BCUT2D eigenvalue weighted by Gasteiger charge is 2.26. The summed E-state index contributed by atoms with van der Waals surface area (Å²) >= 11 is 0. The zero-order chi connectivity index (χ0) is 25.9. The molecule has 0 aliphatic carbocycles. The molecule has 0 fully saturated rings. The minimum Gasteiger partial charge on any atom is -0.393 e. The van der Waals surface area contributed by atoms with Crippen molar-refractivity contribution in [2.24, 2.45) is 0 Å². The van der Waals surface area contributed by atoms with Gasteiger partial charge in [0, 0.05) is 43.3 Å². The molecule has 0 saturated heterocycles. The number of aliphatic hydroxyl groups excluding tert-OH is 2. The number of rotatable bonds is 9. The van der Waals surface area contributed by atoms with Gasteiger partial charge in [-0.3, -0.25) is 14.4 Å². The zero-order valence-electron chi connectivity index (χ0n) is 20.2. The van der Waals surface area contributed by atoms with Gasteiger partial charge in [0.2, 0.25) is 5.91 Å². The molecule has 10 heteroatoms. The summed E-state index contributed by atoms with van der Waals surface area (Å²) in [5.41, 5.74) is 3.48. The average molecular weight is 487 g/mol. The second-order valence-corrected chi connectivity index (χ2v) is 8.95. The third kappa shape index (κ3) is 6.14. The molecule has 2 aromatic rings. The van der Waals surface area contributed by atoms with Gasteiger partial charge in [-0.15, -0.1) is 0 Å². The fraction of sp³-hybridized carbons (Fsp3) is 0.400. The first-order valence-corrected chi connectivity index (χ1v) is 11.3. The Labute approximate surface area is 203 Å². The van der Waals surface area contributed by atoms with Gasteiger partial charge >= 0.3 is 0 Å². The number of anilines is 1. The van der Waals surface area contributed by atoms with Crippen molar-refractivity contribution in [2.75, 3.05) is 26.0 Å². The van der Waals surface area contributed by atoms with Gasteiger partial charge in [0.15, 0.2) is 0 Å². The van der Waals surface area contributed by atoms with Crippen molar-refractivity contribution in [1.82, 2.24) is 15.2 Å². The minimum absolute atomic E-state index is 0.0273. The fourth-order valence-electron chi connectivity index (χ4n) is 4.05. The number of hydrogen-bond acceptors (Lipinski definition) is 5. The van der Waals surface area contributed by atoms with Crippen LogP contribution >= 0.6 is 0 Å². The molecule has 0 spiro atoms. The van der Waals surface area contributed by atoms with Crippen LogP contribution in [0.25, 0.3) is 11.6 Å². The zero-order valence-corrected chi connectivity index (χ0v) is 20.2. The highest BCUT2D eigenvalue weighted by Crippen LogP contribution is 2.34. The van der Waals surface area contributed by atoms with Gasteiger partial charge in [0.25, 0.3) is 11.8 Å². The van der Waals surface area contributed by atoms with Crippen molar-refractivity contribution in [3.05, 3.63) is 52.1 Å². The number of carbonyl (C=O) groups excluding carboxylic acids is 3. The van der Waals surface area contributed by atoms with Crippen LogP contribution in [0.2, 0.25) is 0 Å².